The van der Waals surface area contributed by atoms with E-state index >= 15 is 0 Å². The van der Waals surface area contributed by atoms with Gasteiger partial charge in [-0.1, -0.05) is 6.07 Å². The van der Waals surface area contributed by atoms with Crippen LogP contribution in [0.4, 0.5) is 11.4 Å². The van der Waals surface area contributed by atoms with Crippen LogP contribution in [0.25, 0.3) is 0 Å². The Balaban J connectivity index is 1.48. The average Bonchev–Trinajstić information content (AvgIpc) is 3.54. The molecular formula is C24H32N5O4S-. The Morgan fingerprint density at radius 3 is 2.41 bits per heavy atom. The van der Waals surface area contributed by atoms with Crippen LogP contribution in [0.1, 0.15) is 67.8 Å². The van der Waals surface area contributed by atoms with Crippen molar-refractivity contribution in [2.45, 2.75) is 77.3 Å². The number of hydrogen-bond donors (Lipinski definition) is 1. The Hall–Kier alpha value is -2.59. The highest BCUT2D eigenvalue weighted by Crippen LogP contribution is 2.38. The van der Waals surface area contributed by atoms with Gasteiger partial charge in [-0.15, -0.1) is 4.40 Å². The largest absolute Gasteiger partial charge is 0.845 e. The average molecular weight is 487 g/mol. The minimum Gasteiger partial charge on any atom is -0.845 e. The highest BCUT2D eigenvalue weighted by molar-refractivity contribution is 7.91. The van der Waals surface area contributed by atoms with Crippen molar-refractivity contribution in [2.75, 3.05) is 22.8 Å². The maximum absolute atomic E-state index is 13.5. The number of anilines is 2. The molecule has 0 radical (unpaired) electrons. The minimum absolute atomic E-state index is 0.0792. The van der Waals surface area contributed by atoms with Crippen LogP contribution in [-0.4, -0.2) is 43.5 Å². The number of aryl methyl sites for hydroxylation is 2. The molecule has 0 saturated carbocycles. The summed E-state index contributed by atoms with van der Waals surface area (Å²) < 4.78 is 39.1. The lowest BCUT2D eigenvalue weighted by Crippen LogP contribution is -2.44. The standard InChI is InChI=1S/C24H33N5O4S/c1-16(2)28-15-20(14-25-28)29(19-9-11-33-12-10-19)34(31,32)27-24(30)26-23-21-7-3-5-17(21)13-18-6-4-8-22(18)23/h13-16,19H,3-12H2,1-2H3,(H2,26,27,30)/p-1. The first-order valence-corrected chi connectivity index (χ1v) is 13.6. The van der Waals surface area contributed by atoms with E-state index in [9.17, 15) is 13.5 Å². The first-order chi connectivity index (χ1) is 16.3. The summed E-state index contributed by atoms with van der Waals surface area (Å²) in [5.74, 6) is 0. The van der Waals surface area contributed by atoms with Gasteiger partial charge in [-0.05, 0) is 87.5 Å². The van der Waals surface area contributed by atoms with Gasteiger partial charge >= 0.3 is 10.2 Å². The number of rotatable bonds is 6. The van der Waals surface area contributed by atoms with Gasteiger partial charge in [0.25, 0.3) is 0 Å². The predicted octanol–water partition coefficient (Wildman–Crippen LogP) is 2.50. The van der Waals surface area contributed by atoms with E-state index in [4.69, 9.17) is 4.74 Å². The maximum atomic E-state index is 13.5. The van der Waals surface area contributed by atoms with Crippen molar-refractivity contribution >= 4 is 27.6 Å². The molecule has 5 rings (SSSR count). The molecule has 10 heteroatoms. The Kier molecular flexibility index (Phi) is 6.28. The Labute approximate surface area is 201 Å². The van der Waals surface area contributed by atoms with Crippen molar-refractivity contribution in [3.63, 3.8) is 0 Å². The number of fused-ring (bicyclic) bond motifs is 2. The molecule has 1 aromatic carbocycles. The molecule has 1 aromatic heterocycles. The molecule has 1 aliphatic heterocycles. The number of nitrogens with zero attached hydrogens (tertiary/aromatic N) is 4. The SMILES string of the molecule is CC(C)n1cc(N(C2CCOCC2)S(=O)(=O)/N=C(\[O-])Nc2c3c(cc4c2CCC4)CCC3)cn1. The van der Waals surface area contributed by atoms with Crippen LogP contribution in [0.2, 0.25) is 0 Å². The fourth-order valence-electron chi connectivity index (χ4n) is 5.42. The molecule has 184 valence electrons. The summed E-state index contributed by atoms with van der Waals surface area (Å²) in [6.07, 6.45) is 10.2. The van der Waals surface area contributed by atoms with Gasteiger partial charge in [0.1, 0.15) is 0 Å². The number of aromatic nitrogens is 2. The van der Waals surface area contributed by atoms with Gasteiger partial charge in [-0.2, -0.15) is 13.5 Å². The predicted molar refractivity (Wildman–Crippen MR) is 129 cm³/mol. The van der Waals surface area contributed by atoms with Crippen LogP contribution >= 0.6 is 0 Å². The highest BCUT2D eigenvalue weighted by Gasteiger charge is 2.33. The molecule has 0 spiro atoms. The molecule has 34 heavy (non-hydrogen) atoms. The van der Waals surface area contributed by atoms with Crippen molar-refractivity contribution in [1.29, 1.82) is 0 Å². The van der Waals surface area contributed by atoms with Gasteiger partial charge in [0.2, 0.25) is 0 Å². The zero-order valence-electron chi connectivity index (χ0n) is 19.8. The van der Waals surface area contributed by atoms with Gasteiger partial charge in [-0.3, -0.25) is 4.68 Å². The maximum Gasteiger partial charge on any atom is 0.345 e. The highest BCUT2D eigenvalue weighted by atomic mass is 32.2. The molecule has 0 amide bonds. The summed E-state index contributed by atoms with van der Waals surface area (Å²) in [6.45, 7) is 4.87. The van der Waals surface area contributed by atoms with E-state index in [1.807, 2.05) is 13.8 Å². The van der Waals surface area contributed by atoms with Crippen molar-refractivity contribution in [2.24, 2.45) is 4.40 Å². The van der Waals surface area contributed by atoms with E-state index in [0.29, 0.717) is 31.7 Å². The minimum atomic E-state index is -4.30. The molecular weight excluding hydrogens is 454 g/mol. The molecule has 0 atom stereocenters. The van der Waals surface area contributed by atoms with E-state index in [0.717, 1.165) is 55.3 Å². The normalized spacial score (nSPS) is 18.9. The van der Waals surface area contributed by atoms with E-state index in [2.05, 4.69) is 20.9 Å². The van der Waals surface area contributed by atoms with Crippen LogP contribution in [0, 0.1) is 0 Å². The van der Waals surface area contributed by atoms with Crippen LogP contribution in [0.5, 0.6) is 0 Å². The summed E-state index contributed by atoms with van der Waals surface area (Å²) in [5.41, 5.74) is 6.02. The first-order valence-electron chi connectivity index (χ1n) is 12.2. The van der Waals surface area contributed by atoms with E-state index in [-0.39, 0.29) is 12.1 Å². The molecule has 1 fully saturated rings. The van der Waals surface area contributed by atoms with Crippen LogP contribution in [-0.2, 0) is 40.6 Å². The number of nitrogens with one attached hydrogen (secondary N) is 1. The molecule has 2 heterocycles. The van der Waals surface area contributed by atoms with Crippen LogP contribution < -0.4 is 14.7 Å². The van der Waals surface area contributed by atoms with Crippen LogP contribution in [0.15, 0.2) is 22.9 Å². The van der Waals surface area contributed by atoms with Gasteiger partial charge in [0.15, 0.2) is 0 Å². The summed E-state index contributed by atoms with van der Waals surface area (Å²) in [4.78, 5) is 0. The van der Waals surface area contributed by atoms with Crippen molar-refractivity contribution < 1.29 is 18.3 Å². The lowest BCUT2D eigenvalue weighted by Gasteiger charge is -2.33. The third kappa shape index (κ3) is 4.40. The first kappa shape index (κ1) is 23.2. The molecule has 2 aromatic rings. The van der Waals surface area contributed by atoms with E-state index in [1.54, 1.807) is 10.9 Å². The number of benzene rings is 1. The molecule has 0 unspecified atom stereocenters. The zero-order valence-corrected chi connectivity index (χ0v) is 20.6. The number of ether oxygens (including phenoxy) is 1. The quantitative estimate of drug-likeness (QED) is 0.496. The Morgan fingerprint density at radius 2 is 1.82 bits per heavy atom. The molecule has 3 aliphatic rings. The monoisotopic (exact) mass is 486 g/mol. The van der Waals surface area contributed by atoms with Gasteiger partial charge < -0.3 is 15.2 Å². The zero-order chi connectivity index (χ0) is 23.9. The summed E-state index contributed by atoms with van der Waals surface area (Å²) in [7, 11) is -4.30. The smallest absolute Gasteiger partial charge is 0.345 e. The lowest BCUT2D eigenvalue weighted by molar-refractivity contribution is -0.213. The number of hydrogen-bond acceptors (Lipinski definition) is 5. The van der Waals surface area contributed by atoms with Gasteiger partial charge in [0, 0.05) is 31.1 Å². The molecule has 1 saturated heterocycles. The lowest BCUT2D eigenvalue weighted by atomic mass is 9.99. The summed E-state index contributed by atoms with van der Waals surface area (Å²) in [6, 6.07) is 1.16. The van der Waals surface area contributed by atoms with E-state index in [1.165, 1.54) is 21.6 Å². The number of amidine groups is 1. The van der Waals surface area contributed by atoms with Gasteiger partial charge in [-0.25, -0.2) is 4.31 Å². The Bertz CT molecular complexity index is 1170. The molecule has 9 nitrogen and oxygen atoms in total. The van der Waals surface area contributed by atoms with E-state index < -0.39 is 16.2 Å². The van der Waals surface area contributed by atoms with Gasteiger partial charge in [0.05, 0.1) is 23.9 Å². The fraction of sp³-hybridized carbons (Fsp3) is 0.583. The molecule has 0 bridgehead atoms. The Morgan fingerprint density at radius 1 is 1.18 bits per heavy atom. The molecule has 2 aliphatic carbocycles. The molecule has 1 N–H and O–H groups in total. The summed E-state index contributed by atoms with van der Waals surface area (Å²) >= 11 is 0. The van der Waals surface area contributed by atoms with Crippen LogP contribution in [0.3, 0.4) is 0 Å². The second-order valence-electron chi connectivity index (χ2n) is 9.64. The second kappa shape index (κ2) is 9.22. The second-order valence-corrected chi connectivity index (χ2v) is 11.1. The third-order valence-electron chi connectivity index (χ3n) is 7.05. The fourth-order valence-corrected chi connectivity index (χ4v) is 6.71. The van der Waals surface area contributed by atoms with Crippen molar-refractivity contribution in [1.82, 2.24) is 9.78 Å². The third-order valence-corrected chi connectivity index (χ3v) is 8.45. The summed E-state index contributed by atoms with van der Waals surface area (Å²) in [5, 5.41) is 20.2. The topological polar surface area (TPSA) is 112 Å². The van der Waals surface area contributed by atoms with Crippen molar-refractivity contribution in [3.05, 3.63) is 40.7 Å². The van der Waals surface area contributed by atoms with Crippen molar-refractivity contribution in [3.8, 4) is 0 Å².